The third-order valence-electron chi connectivity index (χ3n) is 5.36. The van der Waals surface area contributed by atoms with Crippen molar-refractivity contribution in [2.45, 2.75) is 18.9 Å². The minimum Gasteiger partial charge on any atom is -0.378 e. The fraction of sp³-hybridized carbons (Fsp3) is 0.333. The summed E-state index contributed by atoms with van der Waals surface area (Å²) in [5, 5.41) is 19.1. The highest BCUT2D eigenvalue weighted by Crippen LogP contribution is 2.35. The first-order valence-corrected chi connectivity index (χ1v) is 11.7. The zero-order valence-corrected chi connectivity index (χ0v) is 19.9. The average molecular weight is 558 g/mol. The predicted octanol–water partition coefficient (Wildman–Crippen LogP) is 4.59. The second kappa shape index (κ2) is 10.1. The monoisotopic (exact) mass is 558 g/mol. The van der Waals surface area contributed by atoms with Crippen LogP contribution in [0.2, 0.25) is 0 Å². The summed E-state index contributed by atoms with van der Waals surface area (Å²) < 4.78 is 88.2. The lowest BCUT2D eigenvalue weighted by Crippen LogP contribution is -2.36. The lowest BCUT2D eigenvalue weighted by Gasteiger charge is -2.28. The molecule has 4 aromatic rings. The molecule has 5 rings (SSSR count). The summed E-state index contributed by atoms with van der Waals surface area (Å²) in [7, 11) is 0. The van der Waals surface area contributed by atoms with Gasteiger partial charge in [-0.15, -0.1) is 26.6 Å². The summed E-state index contributed by atoms with van der Waals surface area (Å²) in [5.41, 5.74) is -1.01. The van der Waals surface area contributed by atoms with Gasteiger partial charge in [0.25, 0.3) is 0 Å². The molecule has 0 unspecified atom stereocenters. The van der Waals surface area contributed by atoms with E-state index in [-0.39, 0.29) is 28.9 Å². The van der Waals surface area contributed by atoms with Gasteiger partial charge in [0, 0.05) is 18.0 Å². The summed E-state index contributed by atoms with van der Waals surface area (Å²) >= 11 is 1.03. The Kier molecular flexibility index (Phi) is 6.87. The number of alkyl halides is 6. The number of hydrogen-bond acceptors (Lipinski definition) is 11. The number of thiophene rings is 1. The molecule has 1 aliphatic heterocycles. The Morgan fingerprint density at radius 1 is 0.921 bits per heavy atom. The zero-order chi connectivity index (χ0) is 26.9. The van der Waals surface area contributed by atoms with E-state index in [1.54, 1.807) is 18.2 Å². The number of hydrogen-bond donors (Lipinski definition) is 0. The molecule has 0 radical (unpaired) electrons. The molecule has 38 heavy (non-hydrogen) atoms. The van der Waals surface area contributed by atoms with Crippen molar-refractivity contribution in [2.24, 2.45) is 0 Å². The van der Waals surface area contributed by atoms with E-state index in [0.717, 1.165) is 17.4 Å². The van der Waals surface area contributed by atoms with Crippen LogP contribution in [0, 0.1) is 0 Å². The molecule has 200 valence electrons. The summed E-state index contributed by atoms with van der Waals surface area (Å²) in [6, 6.07) is 7.15. The van der Waals surface area contributed by atoms with Crippen molar-refractivity contribution in [3.8, 4) is 10.7 Å². The Morgan fingerprint density at radius 2 is 1.71 bits per heavy atom. The number of morpholine rings is 1. The Hall–Kier alpha value is -3.86. The highest BCUT2D eigenvalue weighted by Gasteiger charge is 2.38. The molecule has 0 atom stereocenters. The molecule has 1 aliphatic rings. The molecule has 0 spiro atoms. The molecule has 10 nitrogen and oxygen atoms in total. The molecular formula is C21H16F6N8O2S. The number of ether oxygens (including phenoxy) is 1. The molecule has 4 aromatic heterocycles. The van der Waals surface area contributed by atoms with Gasteiger partial charge in [-0.1, -0.05) is 5.16 Å². The first-order chi connectivity index (χ1) is 18.1. The normalized spacial score (nSPS) is 14.6. The molecular weight excluding hydrogens is 542 g/mol. The lowest BCUT2D eigenvalue weighted by atomic mass is 10.2. The smallest absolute Gasteiger partial charge is 0.378 e. The van der Waals surface area contributed by atoms with Gasteiger partial charge in [-0.3, -0.25) is 0 Å². The van der Waals surface area contributed by atoms with Gasteiger partial charge in [0.15, 0.2) is 17.5 Å². The highest BCUT2D eigenvalue weighted by molar-refractivity contribution is 7.15. The second-order valence-electron chi connectivity index (χ2n) is 7.92. The van der Waals surface area contributed by atoms with Crippen LogP contribution < -0.4 is 9.80 Å². The number of aromatic nitrogens is 6. The van der Waals surface area contributed by atoms with Crippen molar-refractivity contribution in [1.82, 2.24) is 30.5 Å². The van der Waals surface area contributed by atoms with E-state index in [1.807, 2.05) is 4.90 Å². The maximum Gasteiger partial charge on any atom is 0.471 e. The van der Waals surface area contributed by atoms with Crippen LogP contribution in [0.1, 0.15) is 16.3 Å². The standard InChI is InChI=1S/C21H16F6N8O2S/c22-20(23,24)12-9-17(30-28-10-12)35(16-4-3-15(31-32-16)34-5-7-36-8-6-34)11-13-1-2-14(38-13)18-29-19(37-33-18)21(25,26)27/h1-4,9-10H,5-8,11H2. The number of halogens is 6. The number of anilines is 3. The summed E-state index contributed by atoms with van der Waals surface area (Å²) in [4.78, 5) is 7.49. The molecule has 1 saturated heterocycles. The molecule has 17 heteroatoms. The van der Waals surface area contributed by atoms with Crippen LogP contribution in [0.5, 0.6) is 0 Å². The second-order valence-corrected chi connectivity index (χ2v) is 9.09. The van der Waals surface area contributed by atoms with Crippen LogP contribution in [0.4, 0.5) is 43.8 Å². The quantitative estimate of drug-likeness (QED) is 0.312. The van der Waals surface area contributed by atoms with Gasteiger partial charge in [-0.05, 0) is 30.3 Å². The molecule has 0 amide bonds. The first-order valence-electron chi connectivity index (χ1n) is 10.9. The minimum absolute atomic E-state index is 0.0454. The van der Waals surface area contributed by atoms with Crippen molar-refractivity contribution in [1.29, 1.82) is 0 Å². The van der Waals surface area contributed by atoms with E-state index in [1.165, 1.54) is 11.0 Å². The molecule has 1 fully saturated rings. The van der Waals surface area contributed by atoms with Crippen LogP contribution in [0.15, 0.2) is 41.1 Å². The van der Waals surface area contributed by atoms with Crippen molar-refractivity contribution < 1.29 is 35.6 Å². The van der Waals surface area contributed by atoms with Gasteiger partial charge in [-0.2, -0.15) is 36.4 Å². The SMILES string of the molecule is FC(F)(F)c1cnnc(N(Cc2ccc(-c3noc(C(F)(F)F)n3)s2)c2ccc(N3CCOCC3)nn2)c1. The van der Waals surface area contributed by atoms with Gasteiger partial charge < -0.3 is 19.1 Å². The van der Waals surface area contributed by atoms with E-state index in [9.17, 15) is 26.3 Å². The maximum absolute atomic E-state index is 13.4. The number of rotatable bonds is 6. The van der Waals surface area contributed by atoms with E-state index < -0.39 is 23.8 Å². The highest BCUT2D eigenvalue weighted by atomic mass is 32.1. The molecule has 0 saturated carbocycles. The Morgan fingerprint density at radius 3 is 2.37 bits per heavy atom. The molecule has 0 aliphatic carbocycles. The van der Waals surface area contributed by atoms with E-state index in [4.69, 9.17) is 4.74 Å². The largest absolute Gasteiger partial charge is 0.471 e. The third-order valence-corrected chi connectivity index (χ3v) is 6.42. The third kappa shape index (κ3) is 5.67. The molecule has 5 heterocycles. The van der Waals surface area contributed by atoms with Crippen LogP contribution in [-0.2, 0) is 23.6 Å². The molecule has 0 aromatic carbocycles. The van der Waals surface area contributed by atoms with Crippen molar-refractivity contribution in [2.75, 3.05) is 36.1 Å². The van der Waals surface area contributed by atoms with Gasteiger partial charge in [0.05, 0.1) is 36.4 Å². The Labute approximate surface area is 213 Å². The van der Waals surface area contributed by atoms with Crippen molar-refractivity contribution >= 4 is 28.8 Å². The van der Waals surface area contributed by atoms with E-state index >= 15 is 0 Å². The molecule has 0 N–H and O–H groups in total. The zero-order valence-electron chi connectivity index (χ0n) is 19.1. The van der Waals surface area contributed by atoms with Gasteiger partial charge in [-0.25, -0.2) is 0 Å². The van der Waals surface area contributed by atoms with Gasteiger partial charge >= 0.3 is 18.2 Å². The Balaban J connectivity index is 1.45. The van der Waals surface area contributed by atoms with Crippen molar-refractivity contribution in [3.63, 3.8) is 0 Å². The van der Waals surface area contributed by atoms with Crippen LogP contribution in [0.3, 0.4) is 0 Å². The Bertz CT molecular complexity index is 1390. The van der Waals surface area contributed by atoms with Gasteiger partial charge in [0.2, 0.25) is 5.82 Å². The average Bonchev–Trinajstić information content (AvgIpc) is 3.58. The first kappa shape index (κ1) is 25.8. The van der Waals surface area contributed by atoms with Crippen LogP contribution >= 0.6 is 11.3 Å². The summed E-state index contributed by atoms with van der Waals surface area (Å²) in [5.74, 6) is -1.15. The topological polar surface area (TPSA) is 106 Å². The summed E-state index contributed by atoms with van der Waals surface area (Å²) in [6.45, 7) is 2.24. The predicted molar refractivity (Wildman–Crippen MR) is 121 cm³/mol. The van der Waals surface area contributed by atoms with Crippen LogP contribution in [-0.4, -0.2) is 56.8 Å². The minimum atomic E-state index is -4.80. The van der Waals surface area contributed by atoms with Gasteiger partial charge in [0.1, 0.15) is 0 Å². The van der Waals surface area contributed by atoms with E-state index in [2.05, 4.69) is 35.1 Å². The van der Waals surface area contributed by atoms with Crippen LogP contribution in [0.25, 0.3) is 10.7 Å². The number of nitrogens with zero attached hydrogens (tertiary/aromatic N) is 8. The lowest BCUT2D eigenvalue weighted by molar-refractivity contribution is -0.159. The fourth-order valence-corrected chi connectivity index (χ4v) is 4.45. The van der Waals surface area contributed by atoms with Crippen molar-refractivity contribution in [3.05, 3.63) is 52.9 Å². The maximum atomic E-state index is 13.4. The fourth-order valence-electron chi connectivity index (χ4n) is 3.52. The summed E-state index contributed by atoms with van der Waals surface area (Å²) in [6.07, 6.45) is -8.85. The van der Waals surface area contributed by atoms with E-state index in [0.29, 0.717) is 43.2 Å². The molecule has 0 bridgehead atoms.